The van der Waals surface area contributed by atoms with Gasteiger partial charge in [0.05, 0.1) is 17.6 Å². The zero-order chi connectivity index (χ0) is 12.5. The first kappa shape index (κ1) is 11.0. The second-order valence-electron chi connectivity index (χ2n) is 4.05. The van der Waals surface area contributed by atoms with Gasteiger partial charge < -0.3 is 5.73 Å². The molecule has 0 amide bonds. The Morgan fingerprint density at radius 1 is 1.22 bits per heavy atom. The Balaban J connectivity index is 2.05. The Bertz CT molecular complexity index is 653. The van der Waals surface area contributed by atoms with E-state index in [0.29, 0.717) is 5.69 Å². The largest absolute Gasteiger partial charge is 0.396 e. The van der Waals surface area contributed by atoms with Gasteiger partial charge >= 0.3 is 0 Å². The van der Waals surface area contributed by atoms with E-state index < -0.39 is 0 Å². The van der Waals surface area contributed by atoms with Crippen LogP contribution in [0.4, 0.5) is 5.69 Å². The lowest BCUT2D eigenvalue weighted by Gasteiger charge is -2.00. The van der Waals surface area contributed by atoms with E-state index in [2.05, 4.69) is 29.1 Å². The number of aryl methyl sites for hydroxylation is 1. The smallest absolute Gasteiger partial charge is 0.145 e. The summed E-state index contributed by atoms with van der Waals surface area (Å²) in [5, 5.41) is 7.25. The van der Waals surface area contributed by atoms with Gasteiger partial charge in [0.2, 0.25) is 0 Å². The molecule has 0 atom stereocenters. The molecule has 0 saturated heterocycles. The Morgan fingerprint density at radius 3 is 2.67 bits per heavy atom. The third-order valence-corrected chi connectivity index (χ3v) is 3.46. The Morgan fingerprint density at radius 2 is 2.00 bits per heavy atom. The molecule has 3 aromatic rings. The van der Waals surface area contributed by atoms with Crippen LogP contribution in [0.3, 0.4) is 0 Å². The molecule has 18 heavy (non-hydrogen) atoms. The van der Waals surface area contributed by atoms with Gasteiger partial charge in [-0.25, -0.2) is 9.67 Å². The Hall–Kier alpha value is -2.14. The zero-order valence-electron chi connectivity index (χ0n) is 9.87. The number of rotatable bonds is 2. The van der Waals surface area contributed by atoms with Gasteiger partial charge in [-0.15, -0.1) is 11.3 Å². The van der Waals surface area contributed by atoms with Crippen LogP contribution in [0.5, 0.6) is 0 Å². The van der Waals surface area contributed by atoms with Crippen LogP contribution >= 0.6 is 11.3 Å². The molecule has 0 fully saturated rings. The summed E-state index contributed by atoms with van der Waals surface area (Å²) in [4.78, 5) is 4.23. The molecular weight excluding hydrogens is 244 g/mol. The molecule has 5 heteroatoms. The molecule has 0 radical (unpaired) electrons. The quantitative estimate of drug-likeness (QED) is 0.767. The number of hydrogen-bond donors (Lipinski definition) is 1. The highest BCUT2D eigenvalue weighted by Crippen LogP contribution is 2.26. The molecule has 0 saturated carbocycles. The van der Waals surface area contributed by atoms with E-state index in [9.17, 15) is 0 Å². The van der Waals surface area contributed by atoms with Crippen molar-refractivity contribution in [2.24, 2.45) is 0 Å². The average Bonchev–Trinajstić information content (AvgIpc) is 2.99. The number of hydrogen-bond acceptors (Lipinski definition) is 4. The molecule has 0 aliphatic rings. The fourth-order valence-corrected chi connectivity index (χ4v) is 2.37. The average molecular weight is 256 g/mol. The molecule has 0 aliphatic heterocycles. The zero-order valence-corrected chi connectivity index (χ0v) is 10.7. The number of benzene rings is 1. The van der Waals surface area contributed by atoms with Crippen molar-refractivity contribution in [1.29, 1.82) is 0 Å². The summed E-state index contributed by atoms with van der Waals surface area (Å²) in [5.74, 6) is 0. The third-order valence-electron chi connectivity index (χ3n) is 2.68. The van der Waals surface area contributed by atoms with Crippen LogP contribution in [0.15, 0.2) is 42.0 Å². The second-order valence-corrected chi connectivity index (χ2v) is 4.94. The predicted molar refractivity (Wildman–Crippen MR) is 73.8 cm³/mol. The summed E-state index contributed by atoms with van der Waals surface area (Å²) in [6, 6.07) is 8.15. The highest BCUT2D eigenvalue weighted by Gasteiger charge is 2.11. The van der Waals surface area contributed by atoms with Crippen molar-refractivity contribution in [3.63, 3.8) is 0 Å². The molecule has 0 bridgehead atoms. The molecule has 2 aromatic heterocycles. The van der Waals surface area contributed by atoms with Gasteiger partial charge in [0, 0.05) is 11.6 Å². The van der Waals surface area contributed by atoms with Crippen molar-refractivity contribution in [1.82, 2.24) is 14.8 Å². The number of nitrogen functional groups attached to an aromatic ring is 1. The van der Waals surface area contributed by atoms with Crippen molar-refractivity contribution in [2.45, 2.75) is 6.92 Å². The Kier molecular flexibility index (Phi) is 2.60. The number of nitrogens with two attached hydrogens (primary N) is 1. The minimum atomic E-state index is 0.644. The number of nitrogens with zero attached hydrogens (tertiary/aromatic N) is 3. The maximum atomic E-state index is 5.98. The molecule has 2 heterocycles. The van der Waals surface area contributed by atoms with Gasteiger partial charge in [-0.2, -0.15) is 5.10 Å². The molecule has 4 nitrogen and oxygen atoms in total. The first-order valence-corrected chi connectivity index (χ1v) is 6.44. The van der Waals surface area contributed by atoms with Crippen LogP contribution < -0.4 is 5.73 Å². The first-order chi connectivity index (χ1) is 8.74. The van der Waals surface area contributed by atoms with Gasteiger partial charge in [-0.1, -0.05) is 17.7 Å². The molecule has 0 unspecified atom stereocenters. The molecule has 2 N–H and O–H groups in total. The van der Waals surface area contributed by atoms with E-state index in [1.54, 1.807) is 10.9 Å². The Labute approximate surface area is 109 Å². The van der Waals surface area contributed by atoms with E-state index in [1.807, 2.05) is 23.7 Å². The van der Waals surface area contributed by atoms with Gasteiger partial charge in [-0.05, 0) is 19.1 Å². The van der Waals surface area contributed by atoms with E-state index >= 15 is 0 Å². The second kappa shape index (κ2) is 4.27. The van der Waals surface area contributed by atoms with Gasteiger partial charge in [0.1, 0.15) is 10.7 Å². The highest BCUT2D eigenvalue weighted by molar-refractivity contribution is 7.13. The van der Waals surface area contributed by atoms with E-state index in [1.165, 1.54) is 16.9 Å². The van der Waals surface area contributed by atoms with E-state index in [4.69, 9.17) is 5.73 Å². The SMILES string of the molecule is Cc1ccc(-n2cc(N)c(-c3nccs3)n2)cc1. The summed E-state index contributed by atoms with van der Waals surface area (Å²) >= 11 is 1.53. The van der Waals surface area contributed by atoms with Crippen LogP contribution in [0.2, 0.25) is 0 Å². The standard InChI is InChI=1S/C13H12N4S/c1-9-2-4-10(5-3-9)17-8-11(14)12(16-17)13-15-6-7-18-13/h2-8H,14H2,1H3. The third kappa shape index (κ3) is 1.89. The lowest BCUT2D eigenvalue weighted by Crippen LogP contribution is -1.94. The fourth-order valence-electron chi connectivity index (χ4n) is 1.72. The van der Waals surface area contributed by atoms with Crippen molar-refractivity contribution >= 4 is 17.0 Å². The highest BCUT2D eigenvalue weighted by atomic mass is 32.1. The predicted octanol–water partition coefficient (Wildman–Crippen LogP) is 2.89. The van der Waals surface area contributed by atoms with Crippen molar-refractivity contribution in [3.05, 3.63) is 47.6 Å². The van der Waals surface area contributed by atoms with Gasteiger partial charge in [0.25, 0.3) is 0 Å². The molecule has 0 aliphatic carbocycles. The monoisotopic (exact) mass is 256 g/mol. The summed E-state index contributed by atoms with van der Waals surface area (Å²) in [6.45, 7) is 2.06. The van der Waals surface area contributed by atoms with Crippen molar-refractivity contribution in [3.8, 4) is 16.4 Å². The summed E-state index contributed by atoms with van der Waals surface area (Å²) in [7, 11) is 0. The molecular formula is C13H12N4S. The van der Waals surface area contributed by atoms with Crippen LogP contribution in [0, 0.1) is 6.92 Å². The molecule has 3 rings (SSSR count). The first-order valence-electron chi connectivity index (χ1n) is 5.56. The lowest BCUT2D eigenvalue weighted by molar-refractivity contribution is 0.883. The minimum Gasteiger partial charge on any atom is -0.396 e. The number of aromatic nitrogens is 3. The number of thiazole rings is 1. The summed E-state index contributed by atoms with van der Waals surface area (Å²) in [5.41, 5.74) is 9.59. The van der Waals surface area contributed by atoms with Crippen LogP contribution in [-0.4, -0.2) is 14.8 Å². The van der Waals surface area contributed by atoms with Crippen molar-refractivity contribution < 1.29 is 0 Å². The lowest BCUT2D eigenvalue weighted by atomic mass is 10.2. The molecule has 90 valence electrons. The van der Waals surface area contributed by atoms with Gasteiger partial charge in [0.15, 0.2) is 0 Å². The van der Waals surface area contributed by atoms with Crippen LogP contribution in [0.1, 0.15) is 5.56 Å². The van der Waals surface area contributed by atoms with E-state index in [0.717, 1.165) is 16.4 Å². The normalized spacial score (nSPS) is 10.7. The topological polar surface area (TPSA) is 56.7 Å². The van der Waals surface area contributed by atoms with Gasteiger partial charge in [-0.3, -0.25) is 0 Å². The number of anilines is 1. The molecule has 0 spiro atoms. The summed E-state index contributed by atoms with van der Waals surface area (Å²) < 4.78 is 1.78. The minimum absolute atomic E-state index is 0.644. The fraction of sp³-hybridized carbons (Fsp3) is 0.0769. The molecule has 1 aromatic carbocycles. The van der Waals surface area contributed by atoms with Crippen LogP contribution in [0.25, 0.3) is 16.4 Å². The maximum absolute atomic E-state index is 5.98. The maximum Gasteiger partial charge on any atom is 0.145 e. The van der Waals surface area contributed by atoms with Crippen LogP contribution in [-0.2, 0) is 0 Å². The van der Waals surface area contributed by atoms with E-state index in [-0.39, 0.29) is 0 Å². The van der Waals surface area contributed by atoms with Crippen molar-refractivity contribution in [2.75, 3.05) is 5.73 Å². The summed E-state index contributed by atoms with van der Waals surface area (Å²) in [6.07, 6.45) is 3.58.